The third-order valence-electron chi connectivity index (χ3n) is 4.92. The molecule has 156 valence electrons. The Kier molecular flexibility index (Phi) is 5.41. The number of amides is 1. The fourth-order valence-corrected chi connectivity index (χ4v) is 3.51. The maximum absolute atomic E-state index is 13.0. The molecule has 1 N–H and O–H groups in total. The van der Waals surface area contributed by atoms with Crippen LogP contribution in [0.4, 0.5) is 5.82 Å². The Labute approximate surface area is 178 Å². The van der Waals surface area contributed by atoms with Gasteiger partial charge in [0.25, 0.3) is 5.78 Å². The summed E-state index contributed by atoms with van der Waals surface area (Å²) in [6.07, 6.45) is 1.63. The monoisotopic (exact) mass is 416 g/mol. The minimum Gasteiger partial charge on any atom is -0.507 e. The van der Waals surface area contributed by atoms with Crippen molar-refractivity contribution >= 4 is 23.3 Å². The highest BCUT2D eigenvalue weighted by Gasteiger charge is 2.48. The van der Waals surface area contributed by atoms with E-state index in [1.165, 1.54) is 4.90 Å². The lowest BCUT2D eigenvalue weighted by Gasteiger charge is -2.22. The number of carbonyl (C=O) groups excluding carboxylic acids is 2. The van der Waals surface area contributed by atoms with Gasteiger partial charge in [-0.2, -0.15) is 0 Å². The molecule has 0 radical (unpaired) electrons. The summed E-state index contributed by atoms with van der Waals surface area (Å²) in [5, 5.41) is 15.0. The number of aromatic nitrogens is 1. The number of anilines is 1. The predicted octanol–water partition coefficient (Wildman–Crippen LogP) is 4.17. The van der Waals surface area contributed by atoms with Crippen LogP contribution < -0.4 is 9.64 Å². The van der Waals surface area contributed by atoms with Crippen LogP contribution in [0.5, 0.6) is 5.75 Å². The molecule has 1 atom stereocenters. The van der Waals surface area contributed by atoms with Crippen LogP contribution in [-0.4, -0.2) is 28.6 Å². The Hall–Kier alpha value is -4.13. The van der Waals surface area contributed by atoms with Crippen molar-refractivity contribution in [2.24, 2.45) is 0 Å². The SMILES string of the molecule is C=CCOc1ccc(C(O)=C2C(=O)C(=O)N(c3cc(C)on3)[C@H]2c2ccccc2)cc1. The van der Waals surface area contributed by atoms with E-state index in [2.05, 4.69) is 11.7 Å². The van der Waals surface area contributed by atoms with E-state index in [0.29, 0.717) is 29.2 Å². The molecular weight excluding hydrogens is 396 g/mol. The van der Waals surface area contributed by atoms with Gasteiger partial charge in [-0.05, 0) is 36.8 Å². The van der Waals surface area contributed by atoms with Gasteiger partial charge in [0.05, 0.1) is 11.6 Å². The van der Waals surface area contributed by atoms with Gasteiger partial charge in [-0.25, -0.2) is 0 Å². The van der Waals surface area contributed by atoms with E-state index >= 15 is 0 Å². The third-order valence-corrected chi connectivity index (χ3v) is 4.92. The molecule has 7 heteroatoms. The minimum absolute atomic E-state index is 0.0170. The predicted molar refractivity (Wildman–Crippen MR) is 115 cm³/mol. The van der Waals surface area contributed by atoms with Gasteiger partial charge in [-0.1, -0.05) is 48.1 Å². The first-order chi connectivity index (χ1) is 15.0. The molecule has 1 aliphatic rings. The van der Waals surface area contributed by atoms with Crippen LogP contribution in [0.3, 0.4) is 0 Å². The Morgan fingerprint density at radius 2 is 1.90 bits per heavy atom. The smallest absolute Gasteiger partial charge is 0.301 e. The fourth-order valence-electron chi connectivity index (χ4n) is 3.51. The van der Waals surface area contributed by atoms with Crippen molar-refractivity contribution in [2.75, 3.05) is 11.5 Å². The van der Waals surface area contributed by atoms with Gasteiger partial charge in [0.15, 0.2) is 5.82 Å². The van der Waals surface area contributed by atoms with Gasteiger partial charge in [0.2, 0.25) is 0 Å². The highest BCUT2D eigenvalue weighted by Crippen LogP contribution is 2.41. The second kappa shape index (κ2) is 8.31. The van der Waals surface area contributed by atoms with E-state index < -0.39 is 17.7 Å². The Morgan fingerprint density at radius 1 is 1.19 bits per heavy atom. The fraction of sp³-hybridized carbons (Fsp3) is 0.125. The maximum atomic E-state index is 13.0. The Morgan fingerprint density at radius 3 is 2.52 bits per heavy atom. The number of nitrogens with zero attached hydrogens (tertiary/aromatic N) is 2. The second-order valence-corrected chi connectivity index (χ2v) is 7.00. The van der Waals surface area contributed by atoms with Crippen molar-refractivity contribution in [3.8, 4) is 5.75 Å². The summed E-state index contributed by atoms with van der Waals surface area (Å²) in [5.41, 5.74) is 1.03. The van der Waals surface area contributed by atoms with Crippen LogP contribution >= 0.6 is 0 Å². The van der Waals surface area contributed by atoms with Gasteiger partial charge in [0, 0.05) is 11.6 Å². The molecule has 1 aliphatic heterocycles. The molecule has 3 aromatic rings. The molecule has 0 aliphatic carbocycles. The van der Waals surface area contributed by atoms with Crippen molar-refractivity contribution in [1.82, 2.24) is 5.16 Å². The second-order valence-electron chi connectivity index (χ2n) is 7.00. The number of aryl methyl sites for hydroxylation is 1. The summed E-state index contributed by atoms with van der Waals surface area (Å²) in [6, 6.07) is 16.3. The zero-order valence-electron chi connectivity index (χ0n) is 16.8. The van der Waals surface area contributed by atoms with Crippen molar-refractivity contribution in [3.05, 3.63) is 95.8 Å². The molecule has 31 heavy (non-hydrogen) atoms. The molecular formula is C24H20N2O5. The van der Waals surface area contributed by atoms with Gasteiger partial charge in [-0.15, -0.1) is 0 Å². The lowest BCUT2D eigenvalue weighted by atomic mass is 9.95. The molecule has 2 aromatic carbocycles. The first kappa shape index (κ1) is 20.2. The average Bonchev–Trinajstić information content (AvgIpc) is 3.33. The summed E-state index contributed by atoms with van der Waals surface area (Å²) in [5.74, 6) is -0.548. The zero-order valence-corrected chi connectivity index (χ0v) is 16.8. The van der Waals surface area contributed by atoms with Gasteiger partial charge < -0.3 is 14.4 Å². The van der Waals surface area contributed by atoms with Crippen LogP contribution in [0, 0.1) is 6.92 Å². The van der Waals surface area contributed by atoms with E-state index in [1.807, 2.05) is 6.07 Å². The van der Waals surface area contributed by atoms with Crippen LogP contribution in [0.2, 0.25) is 0 Å². The molecule has 1 amide bonds. The molecule has 1 aromatic heterocycles. The van der Waals surface area contributed by atoms with E-state index in [-0.39, 0.29) is 17.2 Å². The number of benzene rings is 2. The molecule has 1 saturated heterocycles. The summed E-state index contributed by atoms with van der Waals surface area (Å²) >= 11 is 0. The molecule has 0 saturated carbocycles. The zero-order chi connectivity index (χ0) is 22.0. The number of hydrogen-bond acceptors (Lipinski definition) is 6. The van der Waals surface area contributed by atoms with Gasteiger partial charge in [-0.3, -0.25) is 14.5 Å². The normalized spacial score (nSPS) is 17.7. The highest BCUT2D eigenvalue weighted by molar-refractivity contribution is 6.51. The lowest BCUT2D eigenvalue weighted by Crippen LogP contribution is -2.29. The van der Waals surface area contributed by atoms with Crippen molar-refractivity contribution in [1.29, 1.82) is 0 Å². The van der Waals surface area contributed by atoms with Crippen LogP contribution in [-0.2, 0) is 9.59 Å². The van der Waals surface area contributed by atoms with E-state index in [9.17, 15) is 14.7 Å². The standard InChI is InChI=1S/C24H20N2O5/c1-3-13-30-18-11-9-17(10-12-18)22(27)20-21(16-7-5-4-6-8-16)26(24(29)23(20)28)19-14-15(2)31-25-19/h3-12,14,21,27H,1,13H2,2H3/t21-/m0/s1. The average molecular weight is 416 g/mol. The van der Waals surface area contributed by atoms with Crippen LogP contribution in [0.1, 0.15) is 22.9 Å². The van der Waals surface area contributed by atoms with Crippen LogP contribution in [0.25, 0.3) is 5.76 Å². The largest absolute Gasteiger partial charge is 0.507 e. The number of rotatable bonds is 6. The number of carbonyl (C=O) groups is 2. The highest BCUT2D eigenvalue weighted by atomic mass is 16.5. The van der Waals surface area contributed by atoms with Crippen molar-refractivity contribution < 1.29 is 24.0 Å². The van der Waals surface area contributed by atoms with Crippen molar-refractivity contribution in [3.63, 3.8) is 0 Å². The summed E-state index contributed by atoms with van der Waals surface area (Å²) in [7, 11) is 0. The molecule has 2 heterocycles. The Balaban J connectivity index is 1.83. The quantitative estimate of drug-likeness (QED) is 0.281. The third kappa shape index (κ3) is 3.73. The number of Topliss-reactive ketones (excluding diaryl/α,β-unsaturated/α-hetero) is 1. The van der Waals surface area contributed by atoms with Gasteiger partial charge >= 0.3 is 5.91 Å². The summed E-state index contributed by atoms with van der Waals surface area (Å²) in [6.45, 7) is 5.65. The van der Waals surface area contributed by atoms with E-state index in [4.69, 9.17) is 9.26 Å². The van der Waals surface area contributed by atoms with E-state index in [0.717, 1.165) is 0 Å². The van der Waals surface area contributed by atoms with Crippen LogP contribution in [0.15, 0.2) is 83.4 Å². The lowest BCUT2D eigenvalue weighted by molar-refractivity contribution is -0.132. The maximum Gasteiger partial charge on any atom is 0.301 e. The van der Waals surface area contributed by atoms with Gasteiger partial charge in [0.1, 0.15) is 23.9 Å². The first-order valence-corrected chi connectivity index (χ1v) is 9.64. The van der Waals surface area contributed by atoms with E-state index in [1.54, 1.807) is 67.6 Å². The number of aliphatic hydroxyl groups excluding tert-OH is 1. The number of ether oxygens (including phenoxy) is 1. The summed E-state index contributed by atoms with van der Waals surface area (Å²) in [4.78, 5) is 27.2. The minimum atomic E-state index is -0.845. The molecule has 0 bridgehead atoms. The Bertz CT molecular complexity index is 1160. The molecule has 1 fully saturated rings. The van der Waals surface area contributed by atoms with Crippen molar-refractivity contribution in [2.45, 2.75) is 13.0 Å². The molecule has 0 unspecified atom stereocenters. The molecule has 4 rings (SSSR count). The number of aliphatic hydroxyl groups is 1. The molecule has 0 spiro atoms. The summed E-state index contributed by atoms with van der Waals surface area (Å²) < 4.78 is 10.6. The number of hydrogen-bond donors (Lipinski definition) is 1. The topological polar surface area (TPSA) is 92.9 Å². The molecule has 7 nitrogen and oxygen atoms in total. The number of ketones is 1. The first-order valence-electron chi connectivity index (χ1n) is 9.64.